The average molecular weight is 390 g/mol. The van der Waals surface area contributed by atoms with Crippen LogP contribution in [0, 0.1) is 0 Å². The van der Waals surface area contributed by atoms with Crippen LogP contribution in [0.4, 0.5) is 0 Å². The van der Waals surface area contributed by atoms with Gasteiger partial charge in [0.05, 0.1) is 22.0 Å². The third kappa shape index (κ3) is 5.25. The van der Waals surface area contributed by atoms with E-state index in [1.54, 1.807) is 0 Å². The molecule has 1 aromatic rings. The molecule has 0 spiro atoms. The fourth-order valence-electron chi connectivity index (χ4n) is 2.30. The van der Waals surface area contributed by atoms with Crippen LogP contribution in [0.5, 0.6) is 0 Å². The van der Waals surface area contributed by atoms with E-state index in [9.17, 15) is 26.4 Å². The Kier molecular flexibility index (Phi) is 5.80. The number of hydrogen-bond acceptors (Lipinski definition) is 7. The lowest BCUT2D eigenvalue weighted by Crippen LogP contribution is -2.38. The van der Waals surface area contributed by atoms with Crippen molar-refractivity contribution in [1.29, 1.82) is 0 Å². The van der Waals surface area contributed by atoms with Crippen molar-refractivity contribution in [2.75, 3.05) is 25.2 Å². The summed E-state index contributed by atoms with van der Waals surface area (Å²) < 4.78 is 53.0. The molecule has 2 N–H and O–H groups in total. The molecule has 0 aliphatic carbocycles. The van der Waals surface area contributed by atoms with Crippen LogP contribution in [0.15, 0.2) is 29.2 Å². The van der Waals surface area contributed by atoms with Crippen LogP contribution >= 0.6 is 0 Å². The minimum atomic E-state index is -3.71. The minimum absolute atomic E-state index is 0.0183. The van der Waals surface area contributed by atoms with Crippen LogP contribution in [0.1, 0.15) is 16.8 Å². The summed E-state index contributed by atoms with van der Waals surface area (Å²) >= 11 is 0. The third-order valence-electron chi connectivity index (χ3n) is 3.58. The second-order valence-corrected chi connectivity index (χ2v) is 9.59. The highest BCUT2D eigenvalue weighted by atomic mass is 32.2. The molecule has 1 amide bonds. The zero-order chi connectivity index (χ0) is 18.7. The maximum absolute atomic E-state index is 11.9. The molecular weight excluding hydrogens is 372 g/mol. The van der Waals surface area contributed by atoms with Crippen LogP contribution in [0.3, 0.4) is 0 Å². The van der Waals surface area contributed by atoms with Gasteiger partial charge >= 0.3 is 5.97 Å². The van der Waals surface area contributed by atoms with E-state index in [1.165, 1.54) is 25.2 Å². The fourth-order valence-corrected chi connectivity index (χ4v) is 4.75. The molecule has 2 rings (SSSR count). The summed E-state index contributed by atoms with van der Waals surface area (Å²) in [5.41, 5.74) is -0.0208. The van der Waals surface area contributed by atoms with Crippen molar-refractivity contribution >= 4 is 31.7 Å². The van der Waals surface area contributed by atoms with Gasteiger partial charge in [-0.25, -0.2) is 26.4 Å². The Morgan fingerprint density at radius 1 is 1.32 bits per heavy atom. The molecular formula is C14H18N2O7S2. The Bertz CT molecular complexity index is 878. The van der Waals surface area contributed by atoms with E-state index in [0.29, 0.717) is 6.42 Å². The summed E-state index contributed by atoms with van der Waals surface area (Å²) in [5, 5.41) is 2.48. The Balaban J connectivity index is 1.92. The topological polar surface area (TPSA) is 136 Å². The van der Waals surface area contributed by atoms with Crippen LogP contribution in [0.2, 0.25) is 0 Å². The average Bonchev–Trinajstić information content (AvgIpc) is 2.91. The second kappa shape index (κ2) is 7.50. The monoisotopic (exact) mass is 390 g/mol. The van der Waals surface area contributed by atoms with Crippen LogP contribution in [-0.2, 0) is 29.4 Å². The molecule has 0 bridgehead atoms. The van der Waals surface area contributed by atoms with Crippen LogP contribution in [-0.4, -0.2) is 59.9 Å². The van der Waals surface area contributed by atoms with Gasteiger partial charge in [-0.05, 0) is 31.7 Å². The summed E-state index contributed by atoms with van der Waals surface area (Å²) in [6.07, 6.45) is 0.325. The second-order valence-electron chi connectivity index (χ2n) is 5.48. The number of carbonyl (C=O) groups is 2. The van der Waals surface area contributed by atoms with E-state index in [-0.39, 0.29) is 22.0 Å². The van der Waals surface area contributed by atoms with E-state index in [1.807, 2.05) is 0 Å². The molecule has 1 aliphatic rings. The highest BCUT2D eigenvalue weighted by Gasteiger charge is 2.29. The molecule has 1 fully saturated rings. The molecule has 25 heavy (non-hydrogen) atoms. The van der Waals surface area contributed by atoms with Gasteiger partial charge in [-0.2, -0.15) is 0 Å². The molecule has 0 radical (unpaired) electrons. The highest BCUT2D eigenvalue weighted by Crippen LogP contribution is 2.13. The predicted molar refractivity (Wildman–Crippen MR) is 88.2 cm³/mol. The van der Waals surface area contributed by atoms with Gasteiger partial charge in [0, 0.05) is 6.04 Å². The summed E-state index contributed by atoms with van der Waals surface area (Å²) in [7, 11) is -5.58. The number of sulfone groups is 1. The number of amides is 1. The van der Waals surface area contributed by atoms with Crippen LogP contribution in [0.25, 0.3) is 0 Å². The lowest BCUT2D eigenvalue weighted by molar-refractivity contribution is -0.124. The molecule has 1 saturated heterocycles. The van der Waals surface area contributed by atoms with Gasteiger partial charge in [-0.1, -0.05) is 6.07 Å². The SMILES string of the molecule is CNS(=O)(=O)c1cccc(C(=O)OCC(=O)N[C@H]2CCS(=O)(=O)C2)c1. The molecule has 0 unspecified atom stereocenters. The number of benzene rings is 1. The number of ether oxygens (including phenoxy) is 1. The first-order valence-corrected chi connectivity index (χ1v) is 10.6. The number of carbonyl (C=O) groups excluding carboxylic acids is 2. The lowest BCUT2D eigenvalue weighted by atomic mass is 10.2. The predicted octanol–water partition coefficient (Wildman–Crippen LogP) is -0.945. The van der Waals surface area contributed by atoms with Crippen molar-refractivity contribution in [3.05, 3.63) is 29.8 Å². The van der Waals surface area contributed by atoms with Crippen molar-refractivity contribution in [3.63, 3.8) is 0 Å². The molecule has 0 aromatic heterocycles. The van der Waals surface area contributed by atoms with Crippen molar-refractivity contribution in [1.82, 2.24) is 10.0 Å². The first-order valence-electron chi connectivity index (χ1n) is 7.33. The van der Waals surface area contributed by atoms with Gasteiger partial charge < -0.3 is 10.1 Å². The molecule has 0 saturated carbocycles. The summed E-state index contributed by atoms with van der Waals surface area (Å²) in [4.78, 5) is 23.6. The van der Waals surface area contributed by atoms with Crippen LogP contribution < -0.4 is 10.0 Å². The van der Waals surface area contributed by atoms with E-state index < -0.39 is 44.4 Å². The smallest absolute Gasteiger partial charge is 0.338 e. The number of hydrogen-bond donors (Lipinski definition) is 2. The molecule has 1 heterocycles. The quantitative estimate of drug-likeness (QED) is 0.598. The zero-order valence-corrected chi connectivity index (χ0v) is 15.0. The largest absolute Gasteiger partial charge is 0.452 e. The van der Waals surface area contributed by atoms with E-state index in [2.05, 4.69) is 10.0 Å². The molecule has 138 valence electrons. The van der Waals surface area contributed by atoms with E-state index in [4.69, 9.17) is 4.74 Å². The van der Waals surface area contributed by atoms with E-state index in [0.717, 1.165) is 6.07 Å². The van der Waals surface area contributed by atoms with Crippen molar-refractivity contribution in [3.8, 4) is 0 Å². The van der Waals surface area contributed by atoms with Gasteiger partial charge in [-0.15, -0.1) is 0 Å². The molecule has 11 heteroatoms. The Morgan fingerprint density at radius 2 is 2.04 bits per heavy atom. The zero-order valence-electron chi connectivity index (χ0n) is 13.4. The summed E-state index contributed by atoms with van der Waals surface area (Å²) in [6.45, 7) is -0.585. The molecule has 1 aliphatic heterocycles. The van der Waals surface area contributed by atoms with Crippen molar-refractivity contribution in [2.24, 2.45) is 0 Å². The van der Waals surface area contributed by atoms with Crippen molar-refractivity contribution in [2.45, 2.75) is 17.4 Å². The first-order chi connectivity index (χ1) is 11.6. The summed E-state index contributed by atoms with van der Waals surface area (Å²) in [5.74, 6) is -1.59. The summed E-state index contributed by atoms with van der Waals surface area (Å²) in [6, 6.07) is 4.70. The fraction of sp³-hybridized carbons (Fsp3) is 0.429. The maximum Gasteiger partial charge on any atom is 0.338 e. The number of sulfonamides is 1. The Labute approximate surface area is 145 Å². The first kappa shape index (κ1) is 19.3. The number of rotatable bonds is 6. The van der Waals surface area contributed by atoms with Gasteiger partial charge in [0.25, 0.3) is 5.91 Å². The highest BCUT2D eigenvalue weighted by molar-refractivity contribution is 7.91. The normalized spacial score (nSPS) is 19.3. The standard InChI is InChI=1S/C14H18N2O7S2/c1-15-25(21,22)12-4-2-3-10(7-12)14(18)23-8-13(17)16-11-5-6-24(19,20)9-11/h2-4,7,11,15H,5-6,8-9H2,1H3,(H,16,17)/t11-/m0/s1. The van der Waals surface area contributed by atoms with Gasteiger partial charge in [0.15, 0.2) is 16.4 Å². The maximum atomic E-state index is 11.9. The van der Waals surface area contributed by atoms with E-state index >= 15 is 0 Å². The third-order valence-corrected chi connectivity index (χ3v) is 6.76. The van der Waals surface area contributed by atoms with Crippen molar-refractivity contribution < 1.29 is 31.2 Å². The molecule has 1 atom stereocenters. The van der Waals surface area contributed by atoms with Gasteiger partial charge in [0.2, 0.25) is 10.0 Å². The minimum Gasteiger partial charge on any atom is -0.452 e. The Morgan fingerprint density at radius 3 is 2.64 bits per heavy atom. The lowest BCUT2D eigenvalue weighted by Gasteiger charge is -2.11. The number of nitrogens with one attached hydrogen (secondary N) is 2. The molecule has 1 aromatic carbocycles. The van der Waals surface area contributed by atoms with Gasteiger partial charge in [0.1, 0.15) is 0 Å². The van der Waals surface area contributed by atoms with Gasteiger partial charge in [-0.3, -0.25) is 4.79 Å². The molecule has 9 nitrogen and oxygen atoms in total. The Hall–Kier alpha value is -1.98. The number of esters is 1.